The minimum absolute atomic E-state index is 0.0215. The number of rotatable bonds is 3. The van der Waals surface area contributed by atoms with Gasteiger partial charge in [-0.1, -0.05) is 24.6 Å². The van der Waals surface area contributed by atoms with Gasteiger partial charge in [-0.3, -0.25) is 5.01 Å². The first-order valence-corrected chi connectivity index (χ1v) is 9.57. The Kier molecular flexibility index (Phi) is 4.29. The van der Waals surface area contributed by atoms with E-state index in [0.29, 0.717) is 6.42 Å². The Labute approximate surface area is 126 Å². The third-order valence-electron chi connectivity index (χ3n) is 4.25. The molecule has 0 bridgehead atoms. The van der Waals surface area contributed by atoms with Crippen molar-refractivity contribution in [1.29, 1.82) is 0 Å². The lowest BCUT2D eigenvalue weighted by Crippen LogP contribution is -2.33. The molecule has 2 fully saturated rings. The van der Waals surface area contributed by atoms with Crippen LogP contribution in [0.1, 0.15) is 38.5 Å². The molecule has 1 unspecified atom stereocenters. The molecule has 1 aromatic carbocycles. The highest BCUT2D eigenvalue weighted by atomic mass is 32.2. The molecule has 1 aliphatic heterocycles. The number of anilines is 1. The smallest absolute Gasteiger partial charge is 0.152 e. The van der Waals surface area contributed by atoms with Crippen molar-refractivity contribution in [3.05, 3.63) is 30.3 Å². The summed E-state index contributed by atoms with van der Waals surface area (Å²) in [6.45, 7) is 0. The first-order chi connectivity index (χ1) is 10.1. The van der Waals surface area contributed by atoms with Crippen molar-refractivity contribution in [3.63, 3.8) is 0 Å². The molecule has 0 N–H and O–H groups in total. The van der Waals surface area contributed by atoms with Gasteiger partial charge in [0.1, 0.15) is 0 Å². The Morgan fingerprint density at radius 2 is 1.76 bits per heavy atom. The lowest BCUT2D eigenvalue weighted by molar-refractivity contribution is 0.599. The number of hydrazone groups is 1. The number of para-hydroxylation sites is 1. The second-order valence-electron chi connectivity index (χ2n) is 5.96. The second-order valence-corrected chi connectivity index (χ2v) is 8.19. The van der Waals surface area contributed by atoms with Crippen molar-refractivity contribution in [2.75, 3.05) is 16.5 Å². The van der Waals surface area contributed by atoms with Crippen LogP contribution in [-0.4, -0.2) is 31.7 Å². The van der Waals surface area contributed by atoms with Crippen LogP contribution < -0.4 is 5.01 Å². The van der Waals surface area contributed by atoms with E-state index < -0.39 is 9.84 Å². The lowest BCUT2D eigenvalue weighted by Gasteiger charge is -2.27. The van der Waals surface area contributed by atoms with E-state index in [4.69, 9.17) is 5.10 Å². The quantitative estimate of drug-likeness (QED) is 0.807. The normalized spacial score (nSPS) is 24.8. The van der Waals surface area contributed by atoms with E-state index in [9.17, 15) is 8.42 Å². The fraction of sp³-hybridized carbons (Fsp3) is 0.562. The molecule has 21 heavy (non-hydrogen) atoms. The van der Waals surface area contributed by atoms with Gasteiger partial charge >= 0.3 is 0 Å². The van der Waals surface area contributed by atoms with E-state index >= 15 is 0 Å². The molecule has 2 aliphatic rings. The van der Waals surface area contributed by atoms with Crippen LogP contribution in [0.5, 0.6) is 0 Å². The summed E-state index contributed by atoms with van der Waals surface area (Å²) >= 11 is 0. The van der Waals surface area contributed by atoms with E-state index in [2.05, 4.69) is 0 Å². The molecule has 1 saturated carbocycles. The maximum Gasteiger partial charge on any atom is 0.152 e. The van der Waals surface area contributed by atoms with Crippen LogP contribution in [-0.2, 0) is 9.84 Å². The first-order valence-electron chi connectivity index (χ1n) is 7.75. The standard InChI is InChI=1S/C16H22N2O2S/c19-21(20)12-11-16(13-21)18(15-9-5-2-6-10-15)17-14-7-3-1-4-8-14/h2,5-6,9-10,16H,1,3-4,7-8,11-13H2. The number of benzene rings is 1. The molecule has 1 aromatic rings. The predicted octanol–water partition coefficient (Wildman–Crippen LogP) is 3.00. The van der Waals surface area contributed by atoms with E-state index in [1.54, 1.807) is 0 Å². The fourth-order valence-electron chi connectivity index (χ4n) is 3.11. The Hall–Kier alpha value is -1.36. The summed E-state index contributed by atoms with van der Waals surface area (Å²) in [6.07, 6.45) is 6.44. The summed E-state index contributed by atoms with van der Waals surface area (Å²) in [6, 6.07) is 9.93. The van der Waals surface area contributed by atoms with E-state index in [-0.39, 0.29) is 17.5 Å². The molecular formula is C16H22N2O2S. The van der Waals surface area contributed by atoms with Gasteiger partial charge in [-0.05, 0) is 44.2 Å². The number of sulfone groups is 1. The Bertz CT molecular complexity index is 602. The first kappa shape index (κ1) is 14.6. The van der Waals surface area contributed by atoms with Crippen LogP contribution in [0, 0.1) is 0 Å². The fourth-order valence-corrected chi connectivity index (χ4v) is 4.80. The van der Waals surface area contributed by atoms with Crippen molar-refractivity contribution in [1.82, 2.24) is 0 Å². The van der Waals surface area contributed by atoms with Crippen molar-refractivity contribution in [3.8, 4) is 0 Å². The predicted molar refractivity (Wildman–Crippen MR) is 86.5 cm³/mol. The number of hydrogen-bond acceptors (Lipinski definition) is 4. The molecule has 114 valence electrons. The highest BCUT2D eigenvalue weighted by molar-refractivity contribution is 7.91. The molecule has 0 amide bonds. The van der Waals surface area contributed by atoms with Gasteiger partial charge in [-0.2, -0.15) is 5.10 Å². The van der Waals surface area contributed by atoms with Gasteiger partial charge in [-0.15, -0.1) is 0 Å². The third-order valence-corrected chi connectivity index (χ3v) is 6.01. The van der Waals surface area contributed by atoms with Crippen molar-refractivity contribution in [2.45, 2.75) is 44.6 Å². The van der Waals surface area contributed by atoms with Gasteiger partial charge < -0.3 is 0 Å². The van der Waals surface area contributed by atoms with Gasteiger partial charge in [0.2, 0.25) is 0 Å². The maximum absolute atomic E-state index is 11.8. The molecule has 1 aliphatic carbocycles. The number of nitrogens with zero attached hydrogens (tertiary/aromatic N) is 2. The summed E-state index contributed by atoms with van der Waals surface area (Å²) in [7, 11) is -2.90. The van der Waals surface area contributed by atoms with Crippen molar-refractivity contribution in [2.24, 2.45) is 5.10 Å². The Morgan fingerprint density at radius 3 is 2.38 bits per heavy atom. The zero-order valence-electron chi connectivity index (χ0n) is 12.2. The van der Waals surface area contributed by atoms with Crippen LogP contribution in [0.25, 0.3) is 0 Å². The van der Waals surface area contributed by atoms with Gasteiger partial charge in [0.05, 0.1) is 23.2 Å². The summed E-state index contributed by atoms with van der Waals surface area (Å²) in [5, 5.41) is 6.80. The maximum atomic E-state index is 11.8. The molecule has 3 rings (SSSR count). The van der Waals surface area contributed by atoms with Crippen LogP contribution in [0.2, 0.25) is 0 Å². The molecular weight excluding hydrogens is 284 g/mol. The summed E-state index contributed by atoms with van der Waals surface area (Å²) in [5.74, 6) is 0.504. The highest BCUT2D eigenvalue weighted by Crippen LogP contribution is 2.26. The average molecular weight is 306 g/mol. The summed E-state index contributed by atoms with van der Waals surface area (Å²) < 4.78 is 23.6. The Morgan fingerprint density at radius 1 is 1.05 bits per heavy atom. The van der Waals surface area contributed by atoms with Gasteiger partial charge in [0.15, 0.2) is 9.84 Å². The molecule has 1 atom stereocenters. The van der Waals surface area contributed by atoms with Gasteiger partial charge in [-0.25, -0.2) is 8.42 Å². The van der Waals surface area contributed by atoms with E-state index in [1.165, 1.54) is 25.0 Å². The molecule has 0 aromatic heterocycles. The molecule has 1 heterocycles. The Balaban J connectivity index is 1.88. The SMILES string of the molecule is O=S1(=O)CCC(N(N=C2CCCCC2)c2ccccc2)C1. The average Bonchev–Trinajstić information content (AvgIpc) is 2.87. The van der Waals surface area contributed by atoms with Gasteiger partial charge in [0.25, 0.3) is 0 Å². The van der Waals surface area contributed by atoms with E-state index in [1.807, 2.05) is 35.3 Å². The second kappa shape index (κ2) is 6.18. The zero-order chi connectivity index (χ0) is 14.7. The lowest BCUT2D eigenvalue weighted by atomic mass is 9.99. The van der Waals surface area contributed by atoms with Gasteiger partial charge in [0, 0.05) is 5.71 Å². The van der Waals surface area contributed by atoms with Crippen LogP contribution in [0.3, 0.4) is 0 Å². The van der Waals surface area contributed by atoms with Crippen molar-refractivity contribution >= 4 is 21.2 Å². The summed E-state index contributed by atoms with van der Waals surface area (Å²) in [4.78, 5) is 0. The molecule has 0 radical (unpaired) electrons. The van der Waals surface area contributed by atoms with Crippen LogP contribution in [0.4, 0.5) is 5.69 Å². The monoisotopic (exact) mass is 306 g/mol. The zero-order valence-corrected chi connectivity index (χ0v) is 13.1. The molecule has 5 heteroatoms. The third kappa shape index (κ3) is 3.64. The topological polar surface area (TPSA) is 49.7 Å². The minimum Gasteiger partial charge on any atom is -0.261 e. The highest BCUT2D eigenvalue weighted by Gasteiger charge is 2.33. The van der Waals surface area contributed by atoms with Crippen LogP contribution in [0.15, 0.2) is 35.4 Å². The minimum atomic E-state index is -2.90. The molecule has 0 spiro atoms. The number of hydrogen-bond donors (Lipinski definition) is 0. The molecule has 1 saturated heterocycles. The molecule has 4 nitrogen and oxygen atoms in total. The van der Waals surface area contributed by atoms with Crippen LogP contribution >= 0.6 is 0 Å². The largest absolute Gasteiger partial charge is 0.261 e. The summed E-state index contributed by atoms with van der Waals surface area (Å²) in [5.41, 5.74) is 2.21. The van der Waals surface area contributed by atoms with Crippen molar-refractivity contribution < 1.29 is 8.42 Å². The van der Waals surface area contributed by atoms with E-state index in [0.717, 1.165) is 18.5 Å².